The first-order valence-electron chi connectivity index (χ1n) is 14.0. The molecule has 0 spiro atoms. The van der Waals surface area contributed by atoms with Gasteiger partial charge in [0.05, 0.1) is 28.0 Å². The van der Waals surface area contributed by atoms with Gasteiger partial charge in [0.25, 0.3) is 0 Å². The molecule has 0 radical (unpaired) electrons. The van der Waals surface area contributed by atoms with Gasteiger partial charge in [-0.25, -0.2) is 4.79 Å². The number of carbonyl (C=O) groups excluding carboxylic acids is 2. The van der Waals surface area contributed by atoms with Crippen LogP contribution in [0.5, 0.6) is 5.75 Å². The second-order valence-corrected chi connectivity index (χ2v) is 11.7. The molecule has 2 aromatic rings. The number of ether oxygens (including phenoxy) is 2. The molecule has 2 heterocycles. The maximum atomic E-state index is 13.0. The molecule has 2 aliphatic heterocycles. The van der Waals surface area contributed by atoms with Crippen LogP contribution in [0.1, 0.15) is 38.7 Å². The van der Waals surface area contributed by atoms with Crippen LogP contribution in [-0.4, -0.2) is 81.5 Å². The van der Waals surface area contributed by atoms with E-state index in [9.17, 15) is 9.59 Å². The van der Waals surface area contributed by atoms with Crippen molar-refractivity contribution in [1.82, 2.24) is 9.80 Å². The molecule has 218 valence electrons. The highest BCUT2D eigenvalue weighted by molar-refractivity contribution is 6.43. The Morgan fingerprint density at radius 3 is 2.45 bits per heavy atom. The Hall–Kier alpha value is -2.68. The summed E-state index contributed by atoms with van der Waals surface area (Å²) in [5.74, 6) is 0.590. The highest BCUT2D eigenvalue weighted by atomic mass is 35.5. The Morgan fingerprint density at radius 2 is 1.75 bits per heavy atom. The number of amides is 2. The molecule has 4 rings (SSSR count). The molecule has 10 heteroatoms. The van der Waals surface area contributed by atoms with Crippen molar-refractivity contribution >= 4 is 46.6 Å². The zero-order valence-electron chi connectivity index (χ0n) is 23.9. The van der Waals surface area contributed by atoms with E-state index in [0.29, 0.717) is 35.2 Å². The minimum Gasteiger partial charge on any atom is -0.494 e. The van der Waals surface area contributed by atoms with Crippen molar-refractivity contribution in [2.45, 2.75) is 45.8 Å². The summed E-state index contributed by atoms with van der Waals surface area (Å²) in [7, 11) is 3.27. The fraction of sp³-hybridized carbons (Fsp3) is 0.533. The molecule has 0 saturated carbocycles. The molecule has 0 aliphatic carbocycles. The third-order valence-corrected chi connectivity index (χ3v) is 8.20. The number of piperazine rings is 1. The highest BCUT2D eigenvalue weighted by Gasteiger charge is 2.35. The van der Waals surface area contributed by atoms with Gasteiger partial charge in [0.2, 0.25) is 5.91 Å². The van der Waals surface area contributed by atoms with Crippen molar-refractivity contribution in [3.05, 3.63) is 52.0 Å². The fourth-order valence-corrected chi connectivity index (χ4v) is 5.53. The van der Waals surface area contributed by atoms with E-state index >= 15 is 0 Å². The molecule has 1 saturated heterocycles. The first kappa shape index (κ1) is 30.3. The van der Waals surface area contributed by atoms with E-state index in [4.69, 9.17) is 32.7 Å². The number of carbonyl (C=O) groups is 2. The fourth-order valence-electron chi connectivity index (χ4n) is 5.12. The Kier molecular flexibility index (Phi) is 10.4. The number of aryl methyl sites for hydroxylation is 1. The number of nitrogens with zero attached hydrogens (tertiary/aromatic N) is 4. The van der Waals surface area contributed by atoms with E-state index in [1.54, 1.807) is 19.0 Å². The van der Waals surface area contributed by atoms with E-state index in [2.05, 4.69) is 9.80 Å². The quantitative estimate of drug-likeness (QED) is 0.319. The molecule has 1 fully saturated rings. The lowest BCUT2D eigenvalue weighted by molar-refractivity contribution is -0.121. The van der Waals surface area contributed by atoms with Gasteiger partial charge in [0.1, 0.15) is 5.75 Å². The van der Waals surface area contributed by atoms with Crippen LogP contribution in [0.2, 0.25) is 10.0 Å². The topological polar surface area (TPSA) is 65.6 Å². The van der Waals surface area contributed by atoms with E-state index in [-0.39, 0.29) is 11.8 Å². The van der Waals surface area contributed by atoms with E-state index < -0.39 is 12.3 Å². The molecule has 2 aliphatic rings. The zero-order chi connectivity index (χ0) is 28.8. The van der Waals surface area contributed by atoms with Crippen LogP contribution in [0.15, 0.2) is 36.4 Å². The lowest BCUT2D eigenvalue weighted by Crippen LogP contribution is -2.49. The SMILES string of the molecule is CC(C)C(OC(=O)N(C)C)N1C(=O)CCc2ccc(OCCCCN3CCN(c4cccc(Cl)c4Cl)CC3)cc21. The average molecular weight is 592 g/mol. The van der Waals surface area contributed by atoms with Crippen molar-refractivity contribution in [2.75, 3.05) is 63.2 Å². The maximum Gasteiger partial charge on any atom is 0.411 e. The van der Waals surface area contributed by atoms with Crippen LogP contribution in [0, 0.1) is 5.92 Å². The average Bonchev–Trinajstić information content (AvgIpc) is 2.93. The number of benzene rings is 2. The summed E-state index contributed by atoms with van der Waals surface area (Å²) >= 11 is 12.6. The number of halogens is 2. The van der Waals surface area contributed by atoms with Crippen molar-refractivity contribution < 1.29 is 19.1 Å². The smallest absolute Gasteiger partial charge is 0.411 e. The van der Waals surface area contributed by atoms with E-state index in [0.717, 1.165) is 62.5 Å². The second kappa shape index (κ2) is 13.8. The van der Waals surface area contributed by atoms with Crippen LogP contribution < -0.4 is 14.5 Å². The summed E-state index contributed by atoms with van der Waals surface area (Å²) in [6.07, 6.45) is 1.84. The standard InChI is InChI=1S/C30H40Cl2N4O4/c1-21(2)29(40-30(38)33(3)4)36-26-20-23(12-10-22(26)11-13-27(36)37)39-19-6-5-14-34-15-17-35(18-16-34)25-9-7-8-24(31)28(25)32/h7-10,12,20-21,29H,5-6,11,13-19H2,1-4H3. The zero-order valence-corrected chi connectivity index (χ0v) is 25.4. The summed E-state index contributed by atoms with van der Waals surface area (Å²) in [5, 5.41) is 1.21. The molecule has 0 aromatic heterocycles. The summed E-state index contributed by atoms with van der Waals surface area (Å²) < 4.78 is 11.8. The van der Waals surface area contributed by atoms with Crippen LogP contribution in [0.25, 0.3) is 0 Å². The number of hydrogen-bond acceptors (Lipinski definition) is 6. The summed E-state index contributed by atoms with van der Waals surface area (Å²) in [4.78, 5) is 33.1. The second-order valence-electron chi connectivity index (χ2n) is 10.9. The molecular formula is C30H40Cl2N4O4. The first-order chi connectivity index (χ1) is 19.2. The van der Waals surface area contributed by atoms with Gasteiger partial charge in [-0.05, 0) is 49.6 Å². The van der Waals surface area contributed by atoms with Gasteiger partial charge in [-0.3, -0.25) is 14.6 Å². The molecule has 0 N–H and O–H groups in total. The number of rotatable bonds is 10. The molecule has 40 heavy (non-hydrogen) atoms. The first-order valence-corrected chi connectivity index (χ1v) is 14.8. The normalized spacial score (nSPS) is 16.6. The largest absolute Gasteiger partial charge is 0.494 e. The lowest BCUT2D eigenvalue weighted by Gasteiger charge is -2.38. The monoisotopic (exact) mass is 590 g/mol. The lowest BCUT2D eigenvalue weighted by atomic mass is 9.98. The predicted molar refractivity (Wildman–Crippen MR) is 161 cm³/mol. The Labute approximate surface area is 247 Å². The molecular weight excluding hydrogens is 551 g/mol. The van der Waals surface area contributed by atoms with Gasteiger partial charge < -0.3 is 19.3 Å². The van der Waals surface area contributed by atoms with Gasteiger partial charge in [-0.15, -0.1) is 0 Å². The van der Waals surface area contributed by atoms with Gasteiger partial charge in [-0.1, -0.05) is 49.2 Å². The van der Waals surface area contributed by atoms with Crippen molar-refractivity contribution in [3.8, 4) is 5.75 Å². The number of hydrogen-bond donors (Lipinski definition) is 0. The summed E-state index contributed by atoms with van der Waals surface area (Å²) in [6, 6.07) is 11.7. The van der Waals surface area contributed by atoms with Gasteiger partial charge in [0.15, 0.2) is 6.23 Å². The predicted octanol–water partition coefficient (Wildman–Crippen LogP) is 5.93. The third kappa shape index (κ3) is 7.33. The molecule has 2 aromatic carbocycles. The molecule has 1 unspecified atom stereocenters. The third-order valence-electron chi connectivity index (χ3n) is 7.39. The van der Waals surface area contributed by atoms with Crippen LogP contribution in [0.3, 0.4) is 0 Å². The number of fused-ring (bicyclic) bond motifs is 1. The summed E-state index contributed by atoms with van der Waals surface area (Å²) in [6.45, 7) is 9.30. The van der Waals surface area contributed by atoms with Crippen molar-refractivity contribution in [2.24, 2.45) is 5.92 Å². The van der Waals surface area contributed by atoms with Crippen molar-refractivity contribution in [1.29, 1.82) is 0 Å². The number of unbranched alkanes of at least 4 members (excludes halogenated alkanes) is 1. The maximum absolute atomic E-state index is 13.0. The van der Waals surface area contributed by atoms with Gasteiger partial charge in [-0.2, -0.15) is 0 Å². The van der Waals surface area contributed by atoms with E-state index in [1.807, 2.05) is 50.2 Å². The molecule has 0 bridgehead atoms. The number of anilines is 2. The van der Waals surface area contributed by atoms with Crippen molar-refractivity contribution in [3.63, 3.8) is 0 Å². The Bertz CT molecular complexity index is 1180. The minimum absolute atomic E-state index is 0.0485. The molecule has 8 nitrogen and oxygen atoms in total. The Morgan fingerprint density at radius 1 is 1.00 bits per heavy atom. The molecule has 1 atom stereocenters. The van der Waals surface area contributed by atoms with Crippen LogP contribution in [-0.2, 0) is 16.0 Å². The Balaban J connectivity index is 1.27. The minimum atomic E-state index is -0.688. The van der Waals surface area contributed by atoms with E-state index in [1.165, 1.54) is 4.90 Å². The summed E-state index contributed by atoms with van der Waals surface area (Å²) in [5.41, 5.74) is 2.82. The van der Waals surface area contributed by atoms with Crippen LogP contribution in [0.4, 0.5) is 16.2 Å². The van der Waals surface area contributed by atoms with Gasteiger partial charge in [0, 0.05) is 58.7 Å². The van der Waals surface area contributed by atoms with Crippen LogP contribution >= 0.6 is 23.2 Å². The highest BCUT2D eigenvalue weighted by Crippen LogP contribution is 2.35. The van der Waals surface area contributed by atoms with Gasteiger partial charge >= 0.3 is 6.09 Å². The molecule has 2 amide bonds.